The number of aromatic nitrogens is 4. The topological polar surface area (TPSA) is 107 Å². The second-order valence-corrected chi connectivity index (χ2v) is 1.79. The number of carbonyl (C=O) groups excluding carboxylic acids is 1. The van der Waals surface area contributed by atoms with Gasteiger partial charge in [0.25, 0.3) is 0 Å². The number of H-pyrrole nitrogens is 1. The minimum Gasteiger partial charge on any atom is -0.468 e. The molecule has 0 bridgehead atoms. The van der Waals surface area contributed by atoms with Crippen LogP contribution in [-0.4, -0.2) is 33.7 Å². The van der Waals surface area contributed by atoms with Crippen LogP contribution in [0.5, 0.6) is 0 Å². The highest BCUT2D eigenvalue weighted by Gasteiger charge is 2.19. The second-order valence-electron chi connectivity index (χ2n) is 1.79. The zero-order chi connectivity index (χ0) is 8.27. The average Bonchev–Trinajstić information content (AvgIpc) is 2.53. The van der Waals surface area contributed by atoms with E-state index < -0.39 is 12.0 Å². The lowest BCUT2D eigenvalue weighted by molar-refractivity contribution is -0.142. The number of nitrogens with one attached hydrogen (secondary N) is 1. The number of methoxy groups -OCH3 is 1. The van der Waals surface area contributed by atoms with Crippen molar-refractivity contribution in [3.05, 3.63) is 5.82 Å². The van der Waals surface area contributed by atoms with Gasteiger partial charge in [-0.25, -0.2) is 9.89 Å². The Bertz CT molecular complexity index is 233. The van der Waals surface area contributed by atoms with E-state index in [-0.39, 0.29) is 5.82 Å². The van der Waals surface area contributed by atoms with Gasteiger partial charge in [-0.05, 0) is 10.4 Å². The van der Waals surface area contributed by atoms with E-state index in [1.54, 1.807) is 0 Å². The lowest BCUT2D eigenvalue weighted by Gasteiger charge is -2.02. The first-order chi connectivity index (χ1) is 5.25. The predicted octanol–water partition coefficient (Wildman–Crippen LogP) is -1.63. The zero-order valence-electron chi connectivity index (χ0n) is 5.81. The number of hydrogen-bond acceptors (Lipinski definition) is 6. The van der Waals surface area contributed by atoms with Gasteiger partial charge in [0.1, 0.15) is 0 Å². The van der Waals surface area contributed by atoms with Gasteiger partial charge in [0.05, 0.1) is 7.11 Å². The van der Waals surface area contributed by atoms with E-state index in [0.717, 1.165) is 0 Å². The summed E-state index contributed by atoms with van der Waals surface area (Å²) in [5, 5.41) is 12.3. The summed E-state index contributed by atoms with van der Waals surface area (Å²) in [5.74, 6) is -0.389. The van der Waals surface area contributed by atoms with Crippen LogP contribution in [0.25, 0.3) is 0 Å². The van der Waals surface area contributed by atoms with Crippen LogP contribution in [0.15, 0.2) is 0 Å². The molecule has 0 fully saturated rings. The number of rotatable bonds is 2. The second kappa shape index (κ2) is 3.06. The SMILES string of the molecule is COC(=O)C(N)c1nnn[nH]1. The van der Waals surface area contributed by atoms with E-state index in [2.05, 4.69) is 25.4 Å². The maximum absolute atomic E-state index is 10.7. The summed E-state index contributed by atoms with van der Waals surface area (Å²) in [4.78, 5) is 10.7. The molecule has 7 nitrogen and oxygen atoms in total. The molecular formula is C4H7N5O2. The summed E-state index contributed by atoms with van der Waals surface area (Å²) in [6.07, 6.45) is 0. The monoisotopic (exact) mass is 157 g/mol. The van der Waals surface area contributed by atoms with Gasteiger partial charge < -0.3 is 10.5 Å². The van der Waals surface area contributed by atoms with Gasteiger partial charge in [-0.1, -0.05) is 0 Å². The number of aromatic amines is 1. The third-order valence-electron chi connectivity index (χ3n) is 1.11. The molecule has 11 heavy (non-hydrogen) atoms. The summed E-state index contributed by atoms with van der Waals surface area (Å²) in [6.45, 7) is 0. The van der Waals surface area contributed by atoms with Gasteiger partial charge in [0, 0.05) is 0 Å². The molecule has 1 heterocycles. The summed E-state index contributed by atoms with van der Waals surface area (Å²) >= 11 is 0. The molecular weight excluding hydrogens is 150 g/mol. The number of esters is 1. The van der Waals surface area contributed by atoms with Crippen LogP contribution in [0.3, 0.4) is 0 Å². The fourth-order valence-electron chi connectivity index (χ4n) is 0.537. The van der Waals surface area contributed by atoms with Crippen LogP contribution in [0, 0.1) is 0 Å². The van der Waals surface area contributed by atoms with Crippen LogP contribution < -0.4 is 5.73 Å². The summed E-state index contributed by atoms with van der Waals surface area (Å²) in [7, 11) is 1.24. The molecule has 0 aromatic carbocycles. The zero-order valence-corrected chi connectivity index (χ0v) is 5.81. The standard InChI is InChI=1S/C4H7N5O2/c1-11-4(10)2(5)3-6-8-9-7-3/h2H,5H2,1H3,(H,6,7,8,9). The quantitative estimate of drug-likeness (QED) is 0.499. The number of carbonyl (C=O) groups is 1. The first-order valence-electron chi connectivity index (χ1n) is 2.82. The van der Waals surface area contributed by atoms with Crippen molar-refractivity contribution in [2.75, 3.05) is 7.11 Å². The molecule has 1 unspecified atom stereocenters. The lowest BCUT2D eigenvalue weighted by Crippen LogP contribution is -2.23. The van der Waals surface area contributed by atoms with Gasteiger partial charge in [-0.15, -0.1) is 5.10 Å². The summed E-state index contributed by atoms with van der Waals surface area (Å²) in [5.41, 5.74) is 5.35. The summed E-state index contributed by atoms with van der Waals surface area (Å²) < 4.78 is 4.36. The first kappa shape index (κ1) is 7.61. The van der Waals surface area contributed by atoms with Crippen LogP contribution >= 0.6 is 0 Å². The fraction of sp³-hybridized carbons (Fsp3) is 0.500. The third kappa shape index (κ3) is 1.49. The number of ether oxygens (including phenoxy) is 1. The van der Waals surface area contributed by atoms with Crippen molar-refractivity contribution in [2.24, 2.45) is 5.73 Å². The molecule has 60 valence electrons. The largest absolute Gasteiger partial charge is 0.468 e. The Labute approximate surface area is 61.9 Å². The molecule has 0 radical (unpaired) electrons. The molecule has 1 aromatic rings. The Morgan fingerprint density at radius 1 is 1.82 bits per heavy atom. The van der Waals surface area contributed by atoms with Crippen molar-refractivity contribution >= 4 is 5.97 Å². The Balaban J connectivity index is 2.70. The van der Waals surface area contributed by atoms with Crippen LogP contribution in [-0.2, 0) is 9.53 Å². The van der Waals surface area contributed by atoms with Crippen LogP contribution in [0.4, 0.5) is 0 Å². The Morgan fingerprint density at radius 2 is 2.55 bits per heavy atom. The van der Waals surface area contributed by atoms with Crippen LogP contribution in [0.2, 0.25) is 0 Å². The number of hydrogen-bond donors (Lipinski definition) is 2. The highest BCUT2D eigenvalue weighted by molar-refractivity contribution is 5.75. The van der Waals surface area contributed by atoms with E-state index in [4.69, 9.17) is 5.73 Å². The number of nitrogens with zero attached hydrogens (tertiary/aromatic N) is 3. The molecule has 1 atom stereocenters. The maximum Gasteiger partial charge on any atom is 0.330 e. The minimum absolute atomic E-state index is 0.192. The normalized spacial score (nSPS) is 12.5. The first-order valence-corrected chi connectivity index (χ1v) is 2.82. The van der Waals surface area contributed by atoms with Crippen molar-refractivity contribution in [3.8, 4) is 0 Å². The highest BCUT2D eigenvalue weighted by atomic mass is 16.5. The molecule has 0 aliphatic heterocycles. The molecule has 0 aliphatic rings. The maximum atomic E-state index is 10.7. The van der Waals surface area contributed by atoms with Crippen molar-refractivity contribution < 1.29 is 9.53 Å². The fourth-order valence-corrected chi connectivity index (χ4v) is 0.537. The van der Waals surface area contributed by atoms with E-state index >= 15 is 0 Å². The van der Waals surface area contributed by atoms with Gasteiger partial charge in [-0.2, -0.15) is 0 Å². The molecule has 7 heteroatoms. The van der Waals surface area contributed by atoms with Crippen molar-refractivity contribution in [1.82, 2.24) is 20.6 Å². The highest BCUT2D eigenvalue weighted by Crippen LogP contribution is 2.01. The van der Waals surface area contributed by atoms with E-state index in [1.165, 1.54) is 7.11 Å². The van der Waals surface area contributed by atoms with E-state index in [9.17, 15) is 4.79 Å². The van der Waals surface area contributed by atoms with Gasteiger partial charge in [-0.3, -0.25) is 0 Å². The molecule has 0 aliphatic carbocycles. The predicted molar refractivity (Wildman–Crippen MR) is 33.1 cm³/mol. The molecule has 1 aromatic heterocycles. The van der Waals surface area contributed by atoms with E-state index in [1.807, 2.05) is 0 Å². The molecule has 1 rings (SSSR count). The average molecular weight is 157 g/mol. The Morgan fingerprint density at radius 3 is 3.00 bits per heavy atom. The van der Waals surface area contributed by atoms with Gasteiger partial charge in [0.2, 0.25) is 0 Å². The minimum atomic E-state index is -0.935. The van der Waals surface area contributed by atoms with Gasteiger partial charge >= 0.3 is 5.97 Å². The third-order valence-corrected chi connectivity index (χ3v) is 1.11. The molecule has 0 amide bonds. The summed E-state index contributed by atoms with van der Waals surface area (Å²) in [6, 6.07) is -0.935. The number of nitrogens with two attached hydrogens (primary N) is 1. The smallest absolute Gasteiger partial charge is 0.330 e. The molecule has 0 spiro atoms. The van der Waals surface area contributed by atoms with Gasteiger partial charge in [0.15, 0.2) is 11.9 Å². The number of tetrazole rings is 1. The van der Waals surface area contributed by atoms with E-state index in [0.29, 0.717) is 0 Å². The lowest BCUT2D eigenvalue weighted by atomic mass is 10.3. The Hall–Kier alpha value is -1.50. The molecule has 3 N–H and O–H groups in total. The molecule has 0 saturated heterocycles. The van der Waals surface area contributed by atoms with Crippen molar-refractivity contribution in [1.29, 1.82) is 0 Å². The molecule has 0 saturated carbocycles. The Kier molecular flexibility index (Phi) is 2.12. The van der Waals surface area contributed by atoms with Crippen molar-refractivity contribution in [3.63, 3.8) is 0 Å². The van der Waals surface area contributed by atoms with Crippen LogP contribution in [0.1, 0.15) is 11.9 Å². The van der Waals surface area contributed by atoms with Crippen molar-refractivity contribution in [2.45, 2.75) is 6.04 Å².